The molecule has 0 saturated carbocycles. The summed E-state index contributed by atoms with van der Waals surface area (Å²) in [7, 11) is 3.14. The van der Waals surface area contributed by atoms with Gasteiger partial charge in [-0.05, 0) is 32.0 Å². The van der Waals surface area contributed by atoms with E-state index in [0.29, 0.717) is 28.9 Å². The van der Waals surface area contributed by atoms with Crippen molar-refractivity contribution in [3.05, 3.63) is 41.2 Å². The van der Waals surface area contributed by atoms with Gasteiger partial charge in [-0.3, -0.25) is 4.79 Å². The SMILES string of the molecule is COc1cccc(C(=O)N2CC3CN(c4nc(C)cc(C)n4)CC3C2)c1OC. The number of anilines is 1. The zero-order valence-electron chi connectivity index (χ0n) is 16.8. The first-order valence-corrected chi connectivity index (χ1v) is 9.57. The van der Waals surface area contributed by atoms with Gasteiger partial charge in [-0.25, -0.2) is 9.97 Å². The molecular formula is C21H26N4O3. The third kappa shape index (κ3) is 3.25. The van der Waals surface area contributed by atoms with Crippen LogP contribution in [-0.4, -0.2) is 61.2 Å². The number of nitrogens with zero attached hydrogens (tertiary/aromatic N) is 4. The number of fused-ring (bicyclic) bond motifs is 1. The summed E-state index contributed by atoms with van der Waals surface area (Å²) in [5.74, 6) is 2.75. The van der Waals surface area contributed by atoms with E-state index in [1.165, 1.54) is 0 Å². The fourth-order valence-electron chi connectivity index (χ4n) is 4.40. The van der Waals surface area contributed by atoms with Crippen molar-refractivity contribution in [3.8, 4) is 11.5 Å². The van der Waals surface area contributed by atoms with E-state index in [2.05, 4.69) is 14.9 Å². The van der Waals surface area contributed by atoms with Crippen LogP contribution in [0.1, 0.15) is 21.7 Å². The van der Waals surface area contributed by atoms with Crippen LogP contribution in [0.5, 0.6) is 11.5 Å². The zero-order valence-corrected chi connectivity index (χ0v) is 16.8. The molecule has 2 atom stereocenters. The smallest absolute Gasteiger partial charge is 0.257 e. The van der Waals surface area contributed by atoms with Gasteiger partial charge in [0.2, 0.25) is 5.95 Å². The third-order valence-electron chi connectivity index (χ3n) is 5.66. The van der Waals surface area contributed by atoms with Crippen molar-refractivity contribution in [2.45, 2.75) is 13.8 Å². The number of para-hydroxylation sites is 1. The lowest BCUT2D eigenvalue weighted by atomic mass is 10.0. The summed E-state index contributed by atoms with van der Waals surface area (Å²) in [6.07, 6.45) is 0. The normalized spacial score (nSPS) is 21.0. The molecule has 0 N–H and O–H groups in total. The molecule has 2 aliphatic rings. The Bertz CT molecular complexity index is 867. The molecule has 1 aromatic heterocycles. The van der Waals surface area contributed by atoms with Crippen molar-refractivity contribution >= 4 is 11.9 Å². The predicted octanol–water partition coefficient (Wildman–Crippen LogP) is 2.32. The second kappa shape index (κ2) is 7.30. The van der Waals surface area contributed by atoms with Gasteiger partial charge in [-0.2, -0.15) is 0 Å². The highest BCUT2D eigenvalue weighted by Gasteiger charge is 2.43. The van der Waals surface area contributed by atoms with E-state index in [1.807, 2.05) is 30.9 Å². The van der Waals surface area contributed by atoms with Gasteiger partial charge in [-0.1, -0.05) is 6.07 Å². The first kappa shape index (κ1) is 18.5. The predicted molar refractivity (Wildman–Crippen MR) is 106 cm³/mol. The highest BCUT2D eigenvalue weighted by molar-refractivity contribution is 5.98. The van der Waals surface area contributed by atoms with E-state index >= 15 is 0 Å². The first-order chi connectivity index (χ1) is 13.5. The molecule has 28 heavy (non-hydrogen) atoms. The molecule has 2 aromatic rings. The van der Waals surface area contributed by atoms with Crippen molar-refractivity contribution in [2.75, 3.05) is 45.3 Å². The van der Waals surface area contributed by atoms with Gasteiger partial charge in [0.25, 0.3) is 5.91 Å². The van der Waals surface area contributed by atoms with E-state index in [-0.39, 0.29) is 5.91 Å². The Kier molecular flexibility index (Phi) is 4.83. The topological polar surface area (TPSA) is 67.8 Å². The quantitative estimate of drug-likeness (QED) is 0.808. The number of hydrogen-bond acceptors (Lipinski definition) is 6. The molecule has 0 aliphatic carbocycles. The molecule has 1 amide bonds. The number of aryl methyl sites for hydroxylation is 2. The minimum absolute atomic E-state index is 0.000602. The monoisotopic (exact) mass is 382 g/mol. The molecule has 2 aliphatic heterocycles. The van der Waals surface area contributed by atoms with Crippen LogP contribution in [-0.2, 0) is 0 Å². The van der Waals surface area contributed by atoms with Crippen molar-refractivity contribution in [1.29, 1.82) is 0 Å². The molecule has 4 rings (SSSR count). The number of hydrogen-bond donors (Lipinski definition) is 0. The fraction of sp³-hybridized carbons (Fsp3) is 0.476. The molecular weight excluding hydrogens is 356 g/mol. The van der Waals surface area contributed by atoms with Crippen LogP contribution in [0.2, 0.25) is 0 Å². The summed E-state index contributed by atoms with van der Waals surface area (Å²) < 4.78 is 10.8. The Morgan fingerprint density at radius 1 is 1.00 bits per heavy atom. The summed E-state index contributed by atoms with van der Waals surface area (Å²) in [4.78, 5) is 26.5. The maximum Gasteiger partial charge on any atom is 0.257 e. The van der Waals surface area contributed by atoms with Gasteiger partial charge in [0, 0.05) is 49.4 Å². The lowest BCUT2D eigenvalue weighted by molar-refractivity contribution is 0.0778. The van der Waals surface area contributed by atoms with Gasteiger partial charge < -0.3 is 19.3 Å². The molecule has 0 radical (unpaired) electrons. The van der Waals surface area contributed by atoms with Crippen LogP contribution in [0.4, 0.5) is 5.95 Å². The number of ether oxygens (including phenoxy) is 2. The number of methoxy groups -OCH3 is 2. The Morgan fingerprint density at radius 2 is 1.64 bits per heavy atom. The summed E-state index contributed by atoms with van der Waals surface area (Å²) in [6.45, 7) is 7.24. The first-order valence-electron chi connectivity index (χ1n) is 9.57. The van der Waals surface area contributed by atoms with Gasteiger partial charge in [0.05, 0.1) is 19.8 Å². The van der Waals surface area contributed by atoms with Crippen molar-refractivity contribution < 1.29 is 14.3 Å². The fourth-order valence-corrected chi connectivity index (χ4v) is 4.40. The van der Waals surface area contributed by atoms with Crippen LogP contribution in [0, 0.1) is 25.7 Å². The molecule has 3 heterocycles. The van der Waals surface area contributed by atoms with Crippen molar-refractivity contribution in [3.63, 3.8) is 0 Å². The van der Waals surface area contributed by atoms with Gasteiger partial charge in [0.15, 0.2) is 11.5 Å². The number of benzene rings is 1. The van der Waals surface area contributed by atoms with E-state index in [4.69, 9.17) is 9.47 Å². The number of amides is 1. The molecule has 7 heteroatoms. The standard InChI is InChI=1S/C21H26N4O3/c1-13-8-14(2)23-21(22-13)25-11-15-9-24(10-16(15)12-25)20(26)17-6-5-7-18(27-3)19(17)28-4/h5-8,15-16H,9-12H2,1-4H3. The number of likely N-dealkylation sites (tertiary alicyclic amines) is 1. The van der Waals surface area contributed by atoms with E-state index in [9.17, 15) is 4.79 Å². The Morgan fingerprint density at radius 3 is 2.21 bits per heavy atom. The Labute approximate surface area is 165 Å². The summed E-state index contributed by atoms with van der Waals surface area (Å²) in [5, 5.41) is 0. The average Bonchev–Trinajstić information content (AvgIpc) is 3.25. The minimum atomic E-state index is -0.000602. The Hall–Kier alpha value is -2.83. The number of rotatable bonds is 4. The van der Waals surface area contributed by atoms with E-state index in [1.54, 1.807) is 26.4 Å². The molecule has 7 nitrogen and oxygen atoms in total. The second-order valence-electron chi connectivity index (χ2n) is 7.63. The minimum Gasteiger partial charge on any atom is -0.493 e. The number of carbonyl (C=O) groups excluding carboxylic acids is 1. The summed E-state index contributed by atoms with van der Waals surface area (Å²) in [6, 6.07) is 7.41. The van der Waals surface area contributed by atoms with Gasteiger partial charge in [-0.15, -0.1) is 0 Å². The van der Waals surface area contributed by atoms with E-state index in [0.717, 1.165) is 43.5 Å². The van der Waals surface area contributed by atoms with Crippen LogP contribution in [0.15, 0.2) is 24.3 Å². The molecule has 2 fully saturated rings. The lowest BCUT2D eigenvalue weighted by Gasteiger charge is -2.23. The molecule has 0 bridgehead atoms. The van der Waals surface area contributed by atoms with Crippen molar-refractivity contribution in [1.82, 2.24) is 14.9 Å². The van der Waals surface area contributed by atoms with Gasteiger partial charge in [0.1, 0.15) is 0 Å². The van der Waals surface area contributed by atoms with Crippen LogP contribution in [0.3, 0.4) is 0 Å². The lowest BCUT2D eigenvalue weighted by Crippen LogP contribution is -2.34. The van der Waals surface area contributed by atoms with Crippen LogP contribution >= 0.6 is 0 Å². The highest BCUT2D eigenvalue weighted by Crippen LogP contribution is 2.36. The van der Waals surface area contributed by atoms with Crippen molar-refractivity contribution in [2.24, 2.45) is 11.8 Å². The van der Waals surface area contributed by atoms with Crippen LogP contribution in [0.25, 0.3) is 0 Å². The molecule has 148 valence electrons. The molecule has 1 aromatic carbocycles. The molecule has 2 unspecified atom stereocenters. The number of aromatic nitrogens is 2. The van der Waals surface area contributed by atoms with Crippen LogP contribution < -0.4 is 14.4 Å². The number of carbonyl (C=O) groups is 1. The highest BCUT2D eigenvalue weighted by atomic mass is 16.5. The zero-order chi connectivity index (χ0) is 19.8. The maximum atomic E-state index is 13.1. The summed E-state index contributed by atoms with van der Waals surface area (Å²) in [5.41, 5.74) is 2.53. The maximum absolute atomic E-state index is 13.1. The average molecular weight is 382 g/mol. The molecule has 0 spiro atoms. The summed E-state index contributed by atoms with van der Waals surface area (Å²) >= 11 is 0. The second-order valence-corrected chi connectivity index (χ2v) is 7.63. The van der Waals surface area contributed by atoms with Gasteiger partial charge >= 0.3 is 0 Å². The third-order valence-corrected chi connectivity index (χ3v) is 5.66. The molecule has 2 saturated heterocycles. The Balaban J connectivity index is 1.48. The van der Waals surface area contributed by atoms with E-state index < -0.39 is 0 Å². The largest absolute Gasteiger partial charge is 0.493 e.